The second kappa shape index (κ2) is 7.72. The summed E-state index contributed by atoms with van der Waals surface area (Å²) in [4.78, 5) is 22.8. The second-order valence-corrected chi connectivity index (χ2v) is 7.09. The highest BCUT2D eigenvalue weighted by Gasteiger charge is 2.44. The smallest absolute Gasteiger partial charge is 0.320 e. The van der Waals surface area contributed by atoms with Crippen molar-refractivity contribution in [1.82, 2.24) is 19.5 Å². The lowest BCUT2D eigenvalue weighted by Crippen LogP contribution is -2.33. The van der Waals surface area contributed by atoms with Gasteiger partial charge in [0.05, 0.1) is 12.4 Å². The molecule has 3 heterocycles. The van der Waals surface area contributed by atoms with Gasteiger partial charge in [-0.25, -0.2) is 15.0 Å². The van der Waals surface area contributed by atoms with Gasteiger partial charge in [-0.05, 0) is 12.2 Å². The third kappa shape index (κ3) is 3.59. The largest absolute Gasteiger partial charge is 0.480 e. The van der Waals surface area contributed by atoms with Gasteiger partial charge in [0, 0.05) is 5.75 Å². The Labute approximate surface area is 152 Å². The first kappa shape index (κ1) is 18.8. The highest BCUT2D eigenvalue weighted by Crippen LogP contribution is 2.33. The van der Waals surface area contributed by atoms with Crippen molar-refractivity contribution in [2.75, 3.05) is 17.2 Å². The molecule has 11 nitrogen and oxygen atoms in total. The van der Waals surface area contributed by atoms with E-state index in [0.717, 1.165) is 0 Å². The first-order chi connectivity index (χ1) is 12.4. The van der Waals surface area contributed by atoms with E-state index in [9.17, 15) is 15.0 Å². The van der Waals surface area contributed by atoms with Crippen LogP contribution in [-0.4, -0.2) is 76.7 Å². The predicted octanol–water partition coefficient (Wildman–Crippen LogP) is -1.44. The quantitative estimate of drug-likeness (QED) is 0.352. The number of hydrogen-bond acceptors (Lipinski definition) is 10. The van der Waals surface area contributed by atoms with E-state index in [4.69, 9.17) is 21.3 Å². The summed E-state index contributed by atoms with van der Waals surface area (Å²) in [6.45, 7) is 0. The van der Waals surface area contributed by atoms with Crippen molar-refractivity contribution in [3.05, 3.63) is 12.7 Å². The lowest BCUT2D eigenvalue weighted by molar-refractivity contribution is -0.138. The van der Waals surface area contributed by atoms with Crippen LogP contribution in [0.5, 0.6) is 0 Å². The molecule has 0 aliphatic carbocycles. The van der Waals surface area contributed by atoms with Gasteiger partial charge in [0.2, 0.25) is 0 Å². The van der Waals surface area contributed by atoms with Crippen molar-refractivity contribution in [3.63, 3.8) is 0 Å². The van der Waals surface area contributed by atoms with Gasteiger partial charge in [0.1, 0.15) is 30.1 Å². The number of aromatic nitrogens is 4. The molecule has 2 aromatic rings. The van der Waals surface area contributed by atoms with Gasteiger partial charge in [0.25, 0.3) is 0 Å². The Morgan fingerprint density at radius 2 is 2.12 bits per heavy atom. The number of nitrogen functional groups attached to an aromatic ring is 1. The van der Waals surface area contributed by atoms with Crippen LogP contribution >= 0.6 is 11.8 Å². The number of nitrogens with two attached hydrogens (primary N) is 2. The number of aliphatic hydroxyl groups excluding tert-OH is 2. The molecule has 1 unspecified atom stereocenters. The van der Waals surface area contributed by atoms with Crippen molar-refractivity contribution >= 4 is 34.7 Å². The SMILES string of the molecule is Nc1ncnc2c1ncn2[C@H]1O[C@@H](CSCCC(N)C(=O)O)[C@H](O)[C@@H]1O. The van der Waals surface area contributed by atoms with E-state index in [1.807, 2.05) is 0 Å². The maximum atomic E-state index is 10.7. The maximum Gasteiger partial charge on any atom is 0.320 e. The van der Waals surface area contributed by atoms with Crippen molar-refractivity contribution < 1.29 is 24.9 Å². The summed E-state index contributed by atoms with van der Waals surface area (Å²) >= 11 is 1.40. The molecule has 1 saturated heterocycles. The monoisotopic (exact) mass is 384 g/mol. The molecule has 1 aliphatic rings. The Morgan fingerprint density at radius 1 is 1.35 bits per heavy atom. The van der Waals surface area contributed by atoms with Gasteiger partial charge in [-0.15, -0.1) is 0 Å². The fourth-order valence-electron chi connectivity index (χ4n) is 2.69. The molecule has 142 valence electrons. The Balaban J connectivity index is 1.64. The number of fused-ring (bicyclic) bond motifs is 1. The van der Waals surface area contributed by atoms with E-state index in [2.05, 4.69) is 15.0 Å². The number of anilines is 1. The standard InChI is InChI=1S/C14H20N6O5S/c15-6(14(23)24)1-2-26-3-7-9(21)10(22)13(25-7)20-5-19-8-11(16)17-4-18-12(8)20/h4-7,9-10,13,21-22H,1-3,15H2,(H,23,24)(H2,16,17,18)/t6?,7-,9-,10-,13-/m0/s1. The minimum absolute atomic E-state index is 0.212. The molecular formula is C14H20N6O5S. The molecule has 3 rings (SSSR count). The van der Waals surface area contributed by atoms with E-state index < -0.39 is 36.6 Å². The van der Waals surface area contributed by atoms with Crippen LogP contribution in [0.15, 0.2) is 12.7 Å². The zero-order valence-electron chi connectivity index (χ0n) is 13.7. The van der Waals surface area contributed by atoms with Gasteiger partial charge in [-0.3, -0.25) is 9.36 Å². The molecule has 5 atom stereocenters. The number of imidazole rings is 1. The van der Waals surface area contributed by atoms with Gasteiger partial charge in [-0.1, -0.05) is 0 Å². The van der Waals surface area contributed by atoms with E-state index >= 15 is 0 Å². The molecule has 0 aromatic carbocycles. The zero-order chi connectivity index (χ0) is 18.8. The third-order valence-corrected chi connectivity index (χ3v) is 5.26. The first-order valence-electron chi connectivity index (χ1n) is 7.91. The summed E-state index contributed by atoms with van der Waals surface area (Å²) in [5, 5.41) is 29.3. The Bertz CT molecular complexity index is 788. The molecule has 1 aliphatic heterocycles. The highest BCUT2D eigenvalue weighted by atomic mass is 32.2. The van der Waals surface area contributed by atoms with Gasteiger partial charge < -0.3 is 31.5 Å². The number of hydrogen-bond donors (Lipinski definition) is 5. The number of nitrogens with zero attached hydrogens (tertiary/aromatic N) is 4. The molecule has 2 aromatic heterocycles. The molecule has 0 amide bonds. The molecule has 26 heavy (non-hydrogen) atoms. The van der Waals surface area contributed by atoms with Gasteiger partial charge in [-0.2, -0.15) is 11.8 Å². The molecule has 12 heteroatoms. The van der Waals surface area contributed by atoms with Crippen molar-refractivity contribution in [2.45, 2.75) is 37.0 Å². The zero-order valence-corrected chi connectivity index (χ0v) is 14.5. The summed E-state index contributed by atoms with van der Waals surface area (Å²) in [5.74, 6) is 0.0405. The van der Waals surface area contributed by atoms with Crippen molar-refractivity contribution in [1.29, 1.82) is 0 Å². The Morgan fingerprint density at radius 3 is 2.85 bits per heavy atom. The van der Waals surface area contributed by atoms with Crippen LogP contribution in [0.2, 0.25) is 0 Å². The first-order valence-corrected chi connectivity index (χ1v) is 9.06. The van der Waals surface area contributed by atoms with Crippen LogP contribution in [0.4, 0.5) is 5.82 Å². The molecule has 0 radical (unpaired) electrons. The summed E-state index contributed by atoms with van der Waals surface area (Å²) in [6.07, 6.45) is -0.747. The lowest BCUT2D eigenvalue weighted by atomic mass is 10.1. The average molecular weight is 384 g/mol. The van der Waals surface area contributed by atoms with Crippen LogP contribution in [-0.2, 0) is 9.53 Å². The van der Waals surface area contributed by atoms with Crippen LogP contribution in [0.25, 0.3) is 11.2 Å². The summed E-state index contributed by atoms with van der Waals surface area (Å²) in [6, 6.07) is -0.919. The fourth-order valence-corrected chi connectivity index (χ4v) is 3.78. The van der Waals surface area contributed by atoms with E-state index in [1.54, 1.807) is 0 Å². The number of ether oxygens (including phenoxy) is 1. The summed E-state index contributed by atoms with van der Waals surface area (Å²) < 4.78 is 7.29. The van der Waals surface area contributed by atoms with Crippen LogP contribution < -0.4 is 11.5 Å². The van der Waals surface area contributed by atoms with E-state index in [1.165, 1.54) is 29.0 Å². The summed E-state index contributed by atoms with van der Waals surface area (Å²) in [5.41, 5.74) is 12.0. The molecule has 0 spiro atoms. The number of carboxylic acids is 1. The van der Waals surface area contributed by atoms with Crippen LogP contribution in [0.3, 0.4) is 0 Å². The number of aliphatic carboxylic acids is 1. The predicted molar refractivity (Wildman–Crippen MR) is 93.2 cm³/mol. The summed E-state index contributed by atoms with van der Waals surface area (Å²) in [7, 11) is 0. The Hall–Kier alpha value is -1.99. The number of carbonyl (C=O) groups is 1. The molecule has 7 N–H and O–H groups in total. The minimum Gasteiger partial charge on any atom is -0.480 e. The molecule has 0 saturated carbocycles. The normalized spacial score (nSPS) is 27.0. The van der Waals surface area contributed by atoms with E-state index in [-0.39, 0.29) is 5.82 Å². The molecular weight excluding hydrogens is 364 g/mol. The van der Waals surface area contributed by atoms with Crippen LogP contribution in [0.1, 0.15) is 12.6 Å². The number of carboxylic acid groups (broad SMARTS) is 1. The molecule has 0 bridgehead atoms. The third-order valence-electron chi connectivity index (χ3n) is 4.17. The second-order valence-electron chi connectivity index (χ2n) is 5.94. The maximum absolute atomic E-state index is 10.7. The topological polar surface area (TPSA) is 183 Å². The van der Waals surface area contributed by atoms with Crippen LogP contribution in [0, 0.1) is 0 Å². The average Bonchev–Trinajstić information content (AvgIpc) is 3.15. The lowest BCUT2D eigenvalue weighted by Gasteiger charge is -2.16. The number of aliphatic hydroxyl groups is 2. The highest BCUT2D eigenvalue weighted by molar-refractivity contribution is 7.99. The molecule has 1 fully saturated rings. The van der Waals surface area contributed by atoms with Gasteiger partial charge >= 0.3 is 5.97 Å². The van der Waals surface area contributed by atoms with Crippen molar-refractivity contribution in [3.8, 4) is 0 Å². The Kier molecular flexibility index (Phi) is 5.58. The van der Waals surface area contributed by atoms with E-state index in [0.29, 0.717) is 29.1 Å². The van der Waals surface area contributed by atoms with Crippen molar-refractivity contribution in [2.24, 2.45) is 5.73 Å². The number of thioether (sulfide) groups is 1. The number of rotatable bonds is 7. The minimum atomic E-state index is -1.17. The fraction of sp³-hybridized carbons (Fsp3) is 0.571. The van der Waals surface area contributed by atoms with Gasteiger partial charge in [0.15, 0.2) is 17.7 Å².